The minimum absolute atomic E-state index is 0.174. The van der Waals surface area contributed by atoms with Gasteiger partial charge < -0.3 is 0 Å². The normalized spacial score (nSPS) is 17.9. The molecule has 98 valence electrons. The number of piperazine rings is 1. The van der Waals surface area contributed by atoms with Crippen LogP contribution in [0.2, 0.25) is 0 Å². The van der Waals surface area contributed by atoms with E-state index in [4.69, 9.17) is 0 Å². The molecule has 18 heavy (non-hydrogen) atoms. The third-order valence-electron chi connectivity index (χ3n) is 2.53. The maximum atomic E-state index is 12.3. The number of imide groups is 1. The summed E-state index contributed by atoms with van der Waals surface area (Å²) in [7, 11) is -3.78. The van der Waals surface area contributed by atoms with Crippen molar-refractivity contribution in [2.24, 2.45) is 0 Å². The smallest absolute Gasteiger partial charge is 0.245 e. The third-order valence-corrected chi connectivity index (χ3v) is 5.55. The number of hydrogen-bond acceptors (Lipinski definition) is 5. The van der Waals surface area contributed by atoms with Gasteiger partial charge in [-0.25, -0.2) is 8.42 Å². The highest BCUT2D eigenvalue weighted by molar-refractivity contribution is 7.89. The lowest BCUT2D eigenvalue weighted by Gasteiger charge is -2.24. The highest BCUT2D eigenvalue weighted by Crippen LogP contribution is 2.27. The Hall–Kier alpha value is -1.25. The molecule has 1 saturated heterocycles. The molecule has 1 aliphatic rings. The van der Waals surface area contributed by atoms with Gasteiger partial charge in [0, 0.05) is 9.75 Å². The number of rotatable bonds is 2. The molecule has 2 heterocycles. The predicted molar refractivity (Wildman–Crippen MR) is 65.7 cm³/mol. The molecule has 1 aromatic rings. The van der Waals surface area contributed by atoms with E-state index >= 15 is 0 Å². The fraction of sp³-hybridized carbons (Fsp3) is 0.400. The molecular weight excluding hydrogens is 276 g/mol. The van der Waals surface area contributed by atoms with E-state index < -0.39 is 21.8 Å². The van der Waals surface area contributed by atoms with Crippen molar-refractivity contribution in [3.63, 3.8) is 0 Å². The van der Waals surface area contributed by atoms with E-state index in [2.05, 4.69) is 5.32 Å². The van der Waals surface area contributed by atoms with E-state index in [1.165, 1.54) is 11.3 Å². The van der Waals surface area contributed by atoms with Crippen molar-refractivity contribution in [3.8, 4) is 0 Å². The largest absolute Gasteiger partial charge is 0.294 e. The van der Waals surface area contributed by atoms with Crippen LogP contribution in [-0.2, 0) is 19.6 Å². The van der Waals surface area contributed by atoms with Crippen LogP contribution >= 0.6 is 11.3 Å². The van der Waals surface area contributed by atoms with Crippen LogP contribution in [0.15, 0.2) is 11.0 Å². The number of nitrogens with zero attached hydrogens (tertiary/aromatic N) is 1. The zero-order valence-electron chi connectivity index (χ0n) is 9.89. The van der Waals surface area contributed by atoms with Gasteiger partial charge in [-0.1, -0.05) is 0 Å². The second-order valence-electron chi connectivity index (χ2n) is 4.02. The summed E-state index contributed by atoms with van der Waals surface area (Å²) in [6, 6.07) is 1.56. The molecule has 2 amide bonds. The monoisotopic (exact) mass is 288 g/mol. The first-order chi connectivity index (χ1) is 8.30. The van der Waals surface area contributed by atoms with Crippen molar-refractivity contribution in [3.05, 3.63) is 15.8 Å². The van der Waals surface area contributed by atoms with Crippen LogP contribution in [0.25, 0.3) is 0 Å². The van der Waals surface area contributed by atoms with E-state index in [0.717, 1.165) is 9.18 Å². The van der Waals surface area contributed by atoms with Crippen LogP contribution in [0.1, 0.15) is 9.75 Å². The Bertz CT molecular complexity index is 602. The van der Waals surface area contributed by atoms with Crippen LogP contribution in [0.4, 0.5) is 0 Å². The van der Waals surface area contributed by atoms with Crippen molar-refractivity contribution in [2.45, 2.75) is 18.7 Å². The van der Waals surface area contributed by atoms with Crippen LogP contribution in [0, 0.1) is 13.8 Å². The second-order valence-corrected chi connectivity index (χ2v) is 7.39. The summed E-state index contributed by atoms with van der Waals surface area (Å²) in [4.78, 5) is 24.1. The van der Waals surface area contributed by atoms with E-state index in [0.29, 0.717) is 4.88 Å². The lowest BCUT2D eigenvalue weighted by Crippen LogP contribution is -2.53. The maximum Gasteiger partial charge on any atom is 0.245 e. The zero-order chi connectivity index (χ0) is 13.5. The standard InChI is InChI=1S/C10H12N2O4S2/c1-6-3-8(7(2)17-6)18(15,16)12-4-9(13)11-10(14)5-12/h3H,4-5H2,1-2H3,(H,11,13,14). The molecule has 6 nitrogen and oxygen atoms in total. The number of thiophene rings is 1. The van der Waals surface area contributed by atoms with Crippen molar-refractivity contribution in [1.29, 1.82) is 0 Å². The molecule has 0 saturated carbocycles. The van der Waals surface area contributed by atoms with Gasteiger partial charge in [0.1, 0.15) is 0 Å². The second kappa shape index (κ2) is 4.45. The van der Waals surface area contributed by atoms with E-state index in [-0.39, 0.29) is 18.0 Å². The summed E-state index contributed by atoms with van der Waals surface area (Å²) in [6.45, 7) is 2.88. The molecule has 0 spiro atoms. The first-order valence-corrected chi connectivity index (χ1v) is 7.46. The molecular formula is C10H12N2O4S2. The fourth-order valence-corrected chi connectivity index (χ4v) is 4.66. The lowest BCUT2D eigenvalue weighted by atomic mass is 10.4. The highest BCUT2D eigenvalue weighted by atomic mass is 32.2. The molecule has 0 bridgehead atoms. The third kappa shape index (κ3) is 2.31. The Morgan fingerprint density at radius 2 is 1.78 bits per heavy atom. The van der Waals surface area contributed by atoms with Gasteiger partial charge in [-0.2, -0.15) is 4.31 Å². The number of sulfonamides is 1. The first kappa shape index (κ1) is 13.2. The number of carbonyl (C=O) groups is 2. The van der Waals surface area contributed by atoms with E-state index in [1.54, 1.807) is 13.0 Å². The number of amides is 2. The van der Waals surface area contributed by atoms with Crippen LogP contribution in [0.5, 0.6) is 0 Å². The Balaban J connectivity index is 2.40. The predicted octanol–water partition coefficient (Wildman–Crippen LogP) is 0.0120. The summed E-state index contributed by atoms with van der Waals surface area (Å²) >= 11 is 1.37. The van der Waals surface area contributed by atoms with Crippen molar-refractivity contribution in [1.82, 2.24) is 9.62 Å². The molecule has 8 heteroatoms. The van der Waals surface area contributed by atoms with Crippen LogP contribution in [-0.4, -0.2) is 37.6 Å². The number of carbonyl (C=O) groups excluding carboxylic acids is 2. The Morgan fingerprint density at radius 1 is 1.22 bits per heavy atom. The minimum Gasteiger partial charge on any atom is -0.294 e. The molecule has 2 rings (SSSR count). The van der Waals surface area contributed by atoms with E-state index in [9.17, 15) is 18.0 Å². The number of aryl methyl sites for hydroxylation is 2. The van der Waals surface area contributed by atoms with Gasteiger partial charge in [-0.15, -0.1) is 11.3 Å². The number of nitrogens with one attached hydrogen (secondary N) is 1. The first-order valence-electron chi connectivity index (χ1n) is 5.20. The van der Waals surface area contributed by atoms with Gasteiger partial charge in [-0.3, -0.25) is 14.9 Å². The molecule has 1 aromatic heterocycles. The summed E-state index contributed by atoms with van der Waals surface area (Å²) in [5, 5.41) is 2.07. The topological polar surface area (TPSA) is 83.6 Å². The average Bonchev–Trinajstić information content (AvgIpc) is 2.57. The Kier molecular flexibility index (Phi) is 3.26. The van der Waals surface area contributed by atoms with Crippen molar-refractivity contribution in [2.75, 3.05) is 13.1 Å². The molecule has 0 aromatic carbocycles. The molecule has 1 N–H and O–H groups in total. The SMILES string of the molecule is Cc1cc(S(=O)(=O)N2CC(=O)NC(=O)C2)c(C)s1. The van der Waals surface area contributed by atoms with Gasteiger partial charge >= 0.3 is 0 Å². The van der Waals surface area contributed by atoms with Gasteiger partial charge in [0.2, 0.25) is 21.8 Å². The summed E-state index contributed by atoms with van der Waals surface area (Å²) < 4.78 is 25.5. The van der Waals surface area contributed by atoms with Crippen LogP contribution in [0.3, 0.4) is 0 Å². The minimum atomic E-state index is -3.78. The highest BCUT2D eigenvalue weighted by Gasteiger charge is 2.34. The quantitative estimate of drug-likeness (QED) is 0.777. The lowest BCUT2D eigenvalue weighted by molar-refractivity contribution is -0.134. The molecule has 0 unspecified atom stereocenters. The zero-order valence-corrected chi connectivity index (χ0v) is 11.5. The molecule has 0 radical (unpaired) electrons. The Morgan fingerprint density at radius 3 is 2.22 bits per heavy atom. The van der Waals surface area contributed by atoms with Crippen LogP contribution < -0.4 is 5.32 Å². The number of hydrogen-bond donors (Lipinski definition) is 1. The summed E-state index contributed by atoms with van der Waals surface area (Å²) in [5.74, 6) is -1.20. The summed E-state index contributed by atoms with van der Waals surface area (Å²) in [6.07, 6.45) is 0. The van der Waals surface area contributed by atoms with Crippen molar-refractivity contribution >= 4 is 33.2 Å². The van der Waals surface area contributed by atoms with Crippen molar-refractivity contribution < 1.29 is 18.0 Å². The molecule has 1 fully saturated rings. The summed E-state index contributed by atoms with van der Waals surface area (Å²) in [5.41, 5.74) is 0. The Labute approximate surface area is 109 Å². The fourth-order valence-electron chi connectivity index (χ4n) is 1.78. The van der Waals surface area contributed by atoms with Gasteiger partial charge in [0.25, 0.3) is 0 Å². The maximum absolute atomic E-state index is 12.3. The average molecular weight is 288 g/mol. The van der Waals surface area contributed by atoms with Gasteiger partial charge in [-0.05, 0) is 19.9 Å². The molecule has 1 aliphatic heterocycles. The van der Waals surface area contributed by atoms with Gasteiger partial charge in [0.15, 0.2) is 0 Å². The molecule has 0 aliphatic carbocycles. The van der Waals surface area contributed by atoms with Gasteiger partial charge in [0.05, 0.1) is 18.0 Å². The molecule has 0 atom stereocenters. The van der Waals surface area contributed by atoms with E-state index in [1.807, 2.05) is 6.92 Å².